The van der Waals surface area contributed by atoms with Gasteiger partial charge in [-0.3, -0.25) is 4.98 Å². The summed E-state index contributed by atoms with van der Waals surface area (Å²) in [7, 11) is 0. The van der Waals surface area contributed by atoms with E-state index in [0.717, 1.165) is 55.9 Å². The van der Waals surface area contributed by atoms with Gasteiger partial charge in [-0.15, -0.1) is 0 Å². The number of nitrogens with zero attached hydrogens (tertiary/aromatic N) is 3. The van der Waals surface area contributed by atoms with Gasteiger partial charge in [-0.25, -0.2) is 4.98 Å². The quantitative estimate of drug-likeness (QED) is 0.828. The molecule has 106 valence electrons. The third-order valence-electron chi connectivity index (χ3n) is 4.08. The molecule has 2 unspecified atom stereocenters. The highest BCUT2D eigenvalue weighted by Crippen LogP contribution is 2.25. The van der Waals surface area contributed by atoms with E-state index in [1.807, 2.05) is 12.4 Å². The zero-order valence-corrected chi connectivity index (χ0v) is 12.4. The van der Waals surface area contributed by atoms with E-state index in [4.69, 9.17) is 0 Å². The standard InChI is InChI=1S/C15H26N4/c1-4-6-16-8-14-9-18-15(10-17-14)19-7-5-12(2)13(3)11-19/h9-10,12-13,16H,4-8,11H2,1-3H3. The van der Waals surface area contributed by atoms with Gasteiger partial charge in [-0.05, 0) is 31.2 Å². The van der Waals surface area contributed by atoms with Gasteiger partial charge in [-0.1, -0.05) is 20.8 Å². The number of piperidine rings is 1. The van der Waals surface area contributed by atoms with Crippen molar-refractivity contribution in [2.45, 2.75) is 40.2 Å². The molecule has 0 aromatic carbocycles. The maximum Gasteiger partial charge on any atom is 0.147 e. The van der Waals surface area contributed by atoms with Gasteiger partial charge in [0.25, 0.3) is 0 Å². The molecule has 1 aliphatic rings. The van der Waals surface area contributed by atoms with Gasteiger partial charge in [0, 0.05) is 19.6 Å². The third-order valence-corrected chi connectivity index (χ3v) is 4.08. The van der Waals surface area contributed by atoms with Crippen LogP contribution in [-0.2, 0) is 6.54 Å². The van der Waals surface area contributed by atoms with E-state index >= 15 is 0 Å². The van der Waals surface area contributed by atoms with Crippen LogP contribution in [-0.4, -0.2) is 29.6 Å². The van der Waals surface area contributed by atoms with Crippen LogP contribution in [0, 0.1) is 11.8 Å². The van der Waals surface area contributed by atoms with E-state index in [1.54, 1.807) is 0 Å². The summed E-state index contributed by atoms with van der Waals surface area (Å²) in [5.74, 6) is 2.58. The van der Waals surface area contributed by atoms with Crippen LogP contribution in [0.1, 0.15) is 39.3 Å². The van der Waals surface area contributed by atoms with Crippen LogP contribution in [0.2, 0.25) is 0 Å². The second kappa shape index (κ2) is 6.85. The molecule has 0 aliphatic carbocycles. The monoisotopic (exact) mass is 262 g/mol. The molecule has 0 radical (unpaired) electrons. The Morgan fingerprint density at radius 3 is 2.74 bits per heavy atom. The van der Waals surface area contributed by atoms with Crippen molar-refractivity contribution >= 4 is 5.82 Å². The summed E-state index contributed by atoms with van der Waals surface area (Å²) in [4.78, 5) is 11.4. The fourth-order valence-electron chi connectivity index (χ4n) is 2.47. The molecule has 0 amide bonds. The van der Waals surface area contributed by atoms with Gasteiger partial charge in [-0.2, -0.15) is 0 Å². The van der Waals surface area contributed by atoms with Crippen molar-refractivity contribution in [1.82, 2.24) is 15.3 Å². The van der Waals surface area contributed by atoms with Gasteiger partial charge in [0.2, 0.25) is 0 Å². The minimum atomic E-state index is 0.737. The Bertz CT molecular complexity index is 376. The smallest absolute Gasteiger partial charge is 0.147 e. The first-order valence-corrected chi connectivity index (χ1v) is 7.47. The number of aromatic nitrogens is 2. The molecule has 2 atom stereocenters. The van der Waals surface area contributed by atoms with Crippen molar-refractivity contribution in [3.8, 4) is 0 Å². The number of anilines is 1. The van der Waals surface area contributed by atoms with Gasteiger partial charge >= 0.3 is 0 Å². The number of nitrogens with one attached hydrogen (secondary N) is 1. The molecule has 4 nitrogen and oxygen atoms in total. The summed E-state index contributed by atoms with van der Waals surface area (Å²) in [6, 6.07) is 0. The first-order chi connectivity index (χ1) is 9.20. The molecule has 1 aliphatic heterocycles. The van der Waals surface area contributed by atoms with Crippen molar-refractivity contribution in [2.75, 3.05) is 24.5 Å². The average molecular weight is 262 g/mol. The summed E-state index contributed by atoms with van der Waals surface area (Å²) >= 11 is 0. The lowest BCUT2D eigenvalue weighted by atomic mass is 9.89. The maximum atomic E-state index is 4.56. The lowest BCUT2D eigenvalue weighted by Gasteiger charge is -2.35. The molecule has 0 bridgehead atoms. The summed E-state index contributed by atoms with van der Waals surface area (Å²) in [5.41, 5.74) is 1.02. The highest BCUT2D eigenvalue weighted by Gasteiger charge is 2.23. The van der Waals surface area contributed by atoms with Gasteiger partial charge < -0.3 is 10.2 Å². The molecule has 1 fully saturated rings. The van der Waals surface area contributed by atoms with E-state index in [9.17, 15) is 0 Å². The van der Waals surface area contributed by atoms with Crippen molar-refractivity contribution in [3.63, 3.8) is 0 Å². The van der Waals surface area contributed by atoms with Crippen LogP contribution < -0.4 is 10.2 Å². The Kier molecular flexibility index (Phi) is 5.14. The van der Waals surface area contributed by atoms with E-state index < -0.39 is 0 Å². The summed E-state index contributed by atoms with van der Waals surface area (Å²) < 4.78 is 0. The van der Waals surface area contributed by atoms with Crippen LogP contribution in [0.15, 0.2) is 12.4 Å². The van der Waals surface area contributed by atoms with Gasteiger partial charge in [0.15, 0.2) is 0 Å². The molecule has 1 saturated heterocycles. The molecular formula is C15H26N4. The molecule has 2 heterocycles. The minimum absolute atomic E-state index is 0.737. The predicted molar refractivity (Wildman–Crippen MR) is 79.2 cm³/mol. The highest BCUT2D eigenvalue weighted by molar-refractivity contribution is 5.36. The minimum Gasteiger partial charge on any atom is -0.355 e. The Balaban J connectivity index is 1.91. The van der Waals surface area contributed by atoms with E-state index in [-0.39, 0.29) is 0 Å². The fraction of sp³-hybridized carbons (Fsp3) is 0.733. The maximum absolute atomic E-state index is 4.56. The lowest BCUT2D eigenvalue weighted by molar-refractivity contribution is 0.322. The van der Waals surface area contributed by atoms with Crippen LogP contribution in [0.5, 0.6) is 0 Å². The normalized spacial score (nSPS) is 23.6. The Morgan fingerprint density at radius 2 is 2.11 bits per heavy atom. The molecule has 1 aromatic heterocycles. The number of hydrogen-bond acceptors (Lipinski definition) is 4. The van der Waals surface area contributed by atoms with Crippen LogP contribution in [0.25, 0.3) is 0 Å². The topological polar surface area (TPSA) is 41.1 Å². The summed E-state index contributed by atoms with van der Waals surface area (Å²) in [6.45, 7) is 10.9. The Morgan fingerprint density at radius 1 is 1.26 bits per heavy atom. The molecule has 19 heavy (non-hydrogen) atoms. The first kappa shape index (κ1) is 14.3. The van der Waals surface area contributed by atoms with Crippen molar-refractivity contribution in [2.24, 2.45) is 11.8 Å². The molecule has 2 rings (SSSR count). The van der Waals surface area contributed by atoms with E-state index in [1.165, 1.54) is 6.42 Å². The average Bonchev–Trinajstić information content (AvgIpc) is 2.43. The van der Waals surface area contributed by atoms with Crippen LogP contribution >= 0.6 is 0 Å². The third kappa shape index (κ3) is 3.90. The summed E-state index contributed by atoms with van der Waals surface area (Å²) in [5, 5.41) is 3.35. The second-order valence-electron chi connectivity index (χ2n) is 5.73. The SMILES string of the molecule is CCCNCc1cnc(N2CCC(C)C(C)C2)cn1. The molecule has 1 N–H and O–H groups in total. The fourth-order valence-corrected chi connectivity index (χ4v) is 2.47. The Labute approximate surface area is 116 Å². The van der Waals surface area contributed by atoms with Crippen molar-refractivity contribution in [3.05, 3.63) is 18.1 Å². The van der Waals surface area contributed by atoms with Crippen LogP contribution in [0.4, 0.5) is 5.82 Å². The van der Waals surface area contributed by atoms with Gasteiger partial charge in [0.05, 0.1) is 18.1 Å². The largest absolute Gasteiger partial charge is 0.355 e. The predicted octanol–water partition coefficient (Wildman–Crippen LogP) is 2.46. The first-order valence-electron chi connectivity index (χ1n) is 7.47. The summed E-state index contributed by atoms with van der Waals surface area (Å²) in [6.07, 6.45) is 6.23. The number of hydrogen-bond donors (Lipinski definition) is 1. The molecule has 0 saturated carbocycles. The zero-order chi connectivity index (χ0) is 13.7. The molecule has 1 aromatic rings. The molecular weight excluding hydrogens is 236 g/mol. The Hall–Kier alpha value is -1.16. The second-order valence-corrected chi connectivity index (χ2v) is 5.73. The highest BCUT2D eigenvalue weighted by atomic mass is 15.2. The van der Waals surface area contributed by atoms with Crippen molar-refractivity contribution < 1.29 is 0 Å². The number of rotatable bonds is 5. The lowest BCUT2D eigenvalue weighted by Crippen LogP contribution is -2.38. The van der Waals surface area contributed by atoms with Crippen molar-refractivity contribution in [1.29, 1.82) is 0 Å². The molecule has 4 heteroatoms. The van der Waals surface area contributed by atoms with E-state index in [2.05, 4.69) is 41.0 Å². The zero-order valence-electron chi connectivity index (χ0n) is 12.4. The van der Waals surface area contributed by atoms with Gasteiger partial charge in [0.1, 0.15) is 5.82 Å². The molecule has 0 spiro atoms. The van der Waals surface area contributed by atoms with E-state index in [0.29, 0.717) is 0 Å². The van der Waals surface area contributed by atoms with Crippen LogP contribution in [0.3, 0.4) is 0 Å².